The van der Waals surface area contributed by atoms with Crippen LogP contribution in [0.25, 0.3) is 11.1 Å². The number of carbonyl (C=O) groups excluding carboxylic acids is 1. The Labute approximate surface area is 163 Å². The summed E-state index contributed by atoms with van der Waals surface area (Å²) in [5.74, 6) is -2.10. The van der Waals surface area contributed by atoms with Gasteiger partial charge in [-0.25, -0.2) is 4.79 Å². The van der Waals surface area contributed by atoms with Crippen LogP contribution in [0.3, 0.4) is 0 Å². The summed E-state index contributed by atoms with van der Waals surface area (Å²) in [7, 11) is 1.35. The van der Waals surface area contributed by atoms with Gasteiger partial charge in [0.05, 0.1) is 25.7 Å². The van der Waals surface area contributed by atoms with E-state index >= 15 is 0 Å². The third-order valence-electron chi connectivity index (χ3n) is 5.83. The Hall–Kier alpha value is -2.95. The Kier molecular flexibility index (Phi) is 3.86. The van der Waals surface area contributed by atoms with E-state index in [2.05, 4.69) is 24.3 Å². The van der Waals surface area contributed by atoms with Gasteiger partial charge in [0.2, 0.25) is 0 Å². The average molecular weight is 372 g/mol. The first-order valence-electron chi connectivity index (χ1n) is 9.32. The van der Waals surface area contributed by atoms with Gasteiger partial charge in [0.25, 0.3) is 5.79 Å². The first-order chi connectivity index (χ1) is 13.7. The van der Waals surface area contributed by atoms with Gasteiger partial charge < -0.3 is 14.2 Å². The van der Waals surface area contributed by atoms with Gasteiger partial charge in [-0.1, -0.05) is 78.9 Å². The molecule has 0 amide bonds. The van der Waals surface area contributed by atoms with Crippen molar-refractivity contribution >= 4 is 5.97 Å². The van der Waals surface area contributed by atoms with Crippen LogP contribution in [-0.2, 0) is 30.2 Å². The van der Waals surface area contributed by atoms with Gasteiger partial charge >= 0.3 is 5.97 Å². The summed E-state index contributed by atoms with van der Waals surface area (Å²) in [5, 5.41) is 0. The first kappa shape index (κ1) is 17.2. The van der Waals surface area contributed by atoms with Gasteiger partial charge in [0, 0.05) is 5.56 Å². The molecule has 0 atom stereocenters. The highest BCUT2D eigenvalue weighted by Crippen LogP contribution is 2.52. The second kappa shape index (κ2) is 6.30. The van der Waals surface area contributed by atoms with Gasteiger partial charge in [-0.05, 0) is 22.3 Å². The molecule has 4 heteroatoms. The number of benzene rings is 3. The Morgan fingerprint density at radius 2 is 1.29 bits per heavy atom. The van der Waals surface area contributed by atoms with E-state index in [1.165, 1.54) is 29.4 Å². The molecule has 0 aromatic heterocycles. The fourth-order valence-corrected chi connectivity index (χ4v) is 4.45. The summed E-state index contributed by atoms with van der Waals surface area (Å²) in [6.07, 6.45) is 0. The van der Waals surface area contributed by atoms with Gasteiger partial charge in [-0.15, -0.1) is 0 Å². The number of methoxy groups -OCH3 is 1. The van der Waals surface area contributed by atoms with Crippen molar-refractivity contribution in [3.05, 3.63) is 95.6 Å². The maximum atomic E-state index is 12.7. The molecule has 0 radical (unpaired) electrons. The SMILES string of the molecule is COC(=O)C1(c2ccccc2)OCC2(CO1)c1ccccc1-c1ccccc12. The number of fused-ring (bicyclic) bond motifs is 5. The van der Waals surface area contributed by atoms with Crippen LogP contribution in [-0.4, -0.2) is 26.3 Å². The average Bonchev–Trinajstić information content (AvgIpc) is 3.05. The van der Waals surface area contributed by atoms with E-state index in [1.54, 1.807) is 0 Å². The Balaban J connectivity index is 1.61. The standard InChI is InChI=1S/C24H20O4/c1-26-22(25)24(17-9-3-2-4-10-17)27-15-23(16-28-24)20-13-7-5-11-18(20)19-12-6-8-14-21(19)23/h2-14H,15-16H2,1H3. The zero-order valence-electron chi connectivity index (χ0n) is 15.6. The van der Waals surface area contributed by atoms with Crippen LogP contribution in [0.2, 0.25) is 0 Å². The van der Waals surface area contributed by atoms with Crippen molar-refractivity contribution in [1.29, 1.82) is 0 Å². The molecule has 0 saturated carbocycles. The minimum Gasteiger partial charge on any atom is -0.465 e. The fourth-order valence-electron chi connectivity index (χ4n) is 4.45. The van der Waals surface area contributed by atoms with Crippen molar-refractivity contribution in [3.63, 3.8) is 0 Å². The van der Waals surface area contributed by atoms with Crippen LogP contribution in [0, 0.1) is 0 Å². The summed E-state index contributed by atoms with van der Waals surface area (Å²) in [6, 6.07) is 25.9. The summed E-state index contributed by atoms with van der Waals surface area (Å²) in [4.78, 5) is 12.7. The maximum Gasteiger partial charge on any atom is 0.371 e. The molecule has 1 aliphatic heterocycles. The Morgan fingerprint density at radius 3 is 1.82 bits per heavy atom. The largest absolute Gasteiger partial charge is 0.465 e. The lowest BCUT2D eigenvalue weighted by molar-refractivity contribution is -0.289. The third-order valence-corrected chi connectivity index (χ3v) is 5.83. The molecule has 0 unspecified atom stereocenters. The topological polar surface area (TPSA) is 44.8 Å². The summed E-state index contributed by atoms with van der Waals surface area (Å²) in [5.41, 5.74) is 4.91. The number of hydrogen-bond acceptors (Lipinski definition) is 4. The fraction of sp³-hybridized carbons (Fsp3) is 0.208. The second-order valence-electron chi connectivity index (χ2n) is 7.22. The summed E-state index contributed by atoms with van der Waals surface area (Å²) < 4.78 is 17.6. The molecular formula is C24H20O4. The van der Waals surface area contributed by atoms with Gasteiger partial charge in [0.1, 0.15) is 0 Å². The molecule has 28 heavy (non-hydrogen) atoms. The zero-order chi connectivity index (χ0) is 19.2. The van der Waals surface area contributed by atoms with Crippen LogP contribution in [0.4, 0.5) is 0 Å². The van der Waals surface area contributed by atoms with E-state index in [1.807, 2.05) is 54.6 Å². The number of carbonyl (C=O) groups is 1. The molecule has 3 aromatic rings. The van der Waals surface area contributed by atoms with E-state index in [0.717, 1.165) is 0 Å². The minimum absolute atomic E-state index is 0.324. The summed E-state index contributed by atoms with van der Waals surface area (Å²) >= 11 is 0. The molecule has 3 aromatic carbocycles. The van der Waals surface area contributed by atoms with Crippen molar-refractivity contribution in [1.82, 2.24) is 0 Å². The van der Waals surface area contributed by atoms with Crippen molar-refractivity contribution in [2.45, 2.75) is 11.2 Å². The monoisotopic (exact) mass is 372 g/mol. The maximum absolute atomic E-state index is 12.7. The lowest BCUT2D eigenvalue weighted by Gasteiger charge is -2.44. The molecule has 2 aliphatic rings. The van der Waals surface area contributed by atoms with E-state index < -0.39 is 17.2 Å². The number of hydrogen-bond donors (Lipinski definition) is 0. The number of esters is 1. The molecule has 4 nitrogen and oxygen atoms in total. The minimum atomic E-state index is -1.55. The highest BCUT2D eigenvalue weighted by atomic mass is 16.7. The Morgan fingerprint density at radius 1 is 0.786 bits per heavy atom. The number of rotatable bonds is 2. The molecule has 1 saturated heterocycles. The van der Waals surface area contributed by atoms with Crippen LogP contribution in [0.5, 0.6) is 0 Å². The second-order valence-corrected chi connectivity index (χ2v) is 7.22. The van der Waals surface area contributed by atoms with Crippen molar-refractivity contribution in [2.75, 3.05) is 20.3 Å². The van der Waals surface area contributed by atoms with Gasteiger partial charge in [-0.2, -0.15) is 0 Å². The Bertz CT molecular complexity index is 986. The van der Waals surface area contributed by atoms with Crippen LogP contribution in [0.1, 0.15) is 16.7 Å². The molecule has 1 spiro atoms. The normalized spacial score (nSPS) is 18.3. The van der Waals surface area contributed by atoms with Crippen LogP contribution in [0.15, 0.2) is 78.9 Å². The van der Waals surface area contributed by atoms with Crippen LogP contribution < -0.4 is 0 Å². The molecule has 1 fully saturated rings. The predicted molar refractivity (Wildman–Crippen MR) is 105 cm³/mol. The first-order valence-corrected chi connectivity index (χ1v) is 9.32. The number of ether oxygens (including phenoxy) is 3. The summed E-state index contributed by atoms with van der Waals surface area (Å²) in [6.45, 7) is 0.649. The molecule has 0 bridgehead atoms. The molecule has 0 N–H and O–H groups in total. The lowest BCUT2D eigenvalue weighted by Crippen LogP contribution is -2.54. The van der Waals surface area contributed by atoms with E-state index in [4.69, 9.17) is 14.2 Å². The molecule has 1 heterocycles. The highest BCUT2D eigenvalue weighted by molar-refractivity contribution is 5.82. The van der Waals surface area contributed by atoms with Gasteiger partial charge in [-0.3, -0.25) is 0 Å². The molecule has 140 valence electrons. The van der Waals surface area contributed by atoms with Crippen molar-refractivity contribution < 1.29 is 19.0 Å². The molecular weight excluding hydrogens is 352 g/mol. The van der Waals surface area contributed by atoms with Crippen molar-refractivity contribution in [2.24, 2.45) is 0 Å². The van der Waals surface area contributed by atoms with E-state index in [9.17, 15) is 4.79 Å². The lowest BCUT2D eigenvalue weighted by atomic mass is 9.78. The van der Waals surface area contributed by atoms with E-state index in [0.29, 0.717) is 18.8 Å². The molecule has 1 aliphatic carbocycles. The quantitative estimate of drug-likeness (QED) is 0.637. The van der Waals surface area contributed by atoms with Crippen molar-refractivity contribution in [3.8, 4) is 11.1 Å². The van der Waals surface area contributed by atoms with Crippen LogP contribution >= 0.6 is 0 Å². The zero-order valence-corrected chi connectivity index (χ0v) is 15.6. The third kappa shape index (κ3) is 2.22. The highest BCUT2D eigenvalue weighted by Gasteiger charge is 2.55. The molecule has 5 rings (SSSR count). The smallest absolute Gasteiger partial charge is 0.371 e. The van der Waals surface area contributed by atoms with Gasteiger partial charge in [0.15, 0.2) is 0 Å². The predicted octanol–water partition coefficient (Wildman–Crippen LogP) is 4.03. The van der Waals surface area contributed by atoms with E-state index in [-0.39, 0.29) is 0 Å².